The molecule has 0 aromatic rings. The molecule has 2 aliphatic heterocycles. The maximum Gasteiger partial charge on any atom is 0.410 e. The summed E-state index contributed by atoms with van der Waals surface area (Å²) in [6.07, 6.45) is 3.36. The Morgan fingerprint density at radius 2 is 1.93 bits per heavy atom. The summed E-state index contributed by atoms with van der Waals surface area (Å²) < 4.78 is 32.2. The normalized spacial score (nSPS) is 29.6. The smallest absolute Gasteiger partial charge is 0.410 e. The number of hydrogen-bond donors (Lipinski definition) is 1. The molecule has 3 aliphatic rings. The zero-order valence-corrected chi connectivity index (χ0v) is 18.0. The van der Waals surface area contributed by atoms with Gasteiger partial charge < -0.3 is 14.5 Å². The van der Waals surface area contributed by atoms with E-state index in [1.807, 2.05) is 32.6 Å². The molecule has 8 heteroatoms. The molecule has 0 spiro atoms. The number of hydrogen-bond acceptors (Lipinski definition) is 5. The van der Waals surface area contributed by atoms with Crippen LogP contribution in [0.2, 0.25) is 0 Å². The molecule has 2 atom stereocenters. The van der Waals surface area contributed by atoms with Gasteiger partial charge in [0.2, 0.25) is 10.0 Å². The Morgan fingerprint density at radius 3 is 2.52 bits per heavy atom. The Kier molecular flexibility index (Phi) is 5.81. The summed E-state index contributed by atoms with van der Waals surface area (Å²) in [6, 6.07) is 0.0622. The van der Waals surface area contributed by atoms with Crippen LogP contribution in [0, 0.1) is 11.3 Å². The highest BCUT2D eigenvalue weighted by molar-refractivity contribution is 7.89. The summed E-state index contributed by atoms with van der Waals surface area (Å²) in [6.45, 7) is 12.0. The zero-order chi connectivity index (χ0) is 19.9. The molecule has 2 unspecified atom stereocenters. The van der Waals surface area contributed by atoms with E-state index in [0.717, 1.165) is 45.6 Å². The number of rotatable bonds is 6. The summed E-state index contributed by atoms with van der Waals surface area (Å²) in [5.74, 6) is 0.796. The first-order chi connectivity index (χ1) is 12.5. The average molecular weight is 402 g/mol. The molecular formula is C19H35N3O4S. The van der Waals surface area contributed by atoms with Gasteiger partial charge in [-0.3, -0.25) is 0 Å². The van der Waals surface area contributed by atoms with Gasteiger partial charge in [-0.2, -0.15) is 0 Å². The molecule has 27 heavy (non-hydrogen) atoms. The standard InChI is InChI=1S/C19H35N3O4S/c1-5-10-27(24,25)20-16-6-8-21(9-7-16)13-19-11-15(19)12-22(14-19)17(23)26-18(2,3)4/h15-16,20H,5-14H2,1-4H3. The van der Waals surface area contributed by atoms with E-state index >= 15 is 0 Å². The molecule has 1 aliphatic carbocycles. The van der Waals surface area contributed by atoms with Gasteiger partial charge >= 0.3 is 6.09 Å². The van der Waals surface area contributed by atoms with Crippen molar-refractivity contribution in [3.8, 4) is 0 Å². The Morgan fingerprint density at radius 1 is 1.26 bits per heavy atom. The van der Waals surface area contributed by atoms with Crippen molar-refractivity contribution in [1.82, 2.24) is 14.5 Å². The number of carbonyl (C=O) groups is 1. The summed E-state index contributed by atoms with van der Waals surface area (Å²) in [5.41, 5.74) is -0.227. The van der Waals surface area contributed by atoms with Gasteiger partial charge in [0.15, 0.2) is 0 Å². The van der Waals surface area contributed by atoms with Crippen LogP contribution in [0.25, 0.3) is 0 Å². The largest absolute Gasteiger partial charge is 0.444 e. The molecule has 1 saturated carbocycles. The molecule has 156 valence electrons. The van der Waals surface area contributed by atoms with Gasteiger partial charge in [-0.05, 0) is 65.5 Å². The zero-order valence-electron chi connectivity index (χ0n) is 17.2. The lowest BCUT2D eigenvalue weighted by atomic mass is 10.0. The van der Waals surface area contributed by atoms with Crippen LogP contribution in [-0.4, -0.2) is 74.4 Å². The second kappa shape index (κ2) is 7.52. The minimum atomic E-state index is -3.13. The third-order valence-corrected chi connectivity index (χ3v) is 7.54. The molecule has 7 nitrogen and oxygen atoms in total. The molecular weight excluding hydrogens is 366 g/mol. The van der Waals surface area contributed by atoms with Crippen molar-refractivity contribution in [2.75, 3.05) is 38.5 Å². The SMILES string of the molecule is CCCS(=O)(=O)NC1CCN(CC23CC2CN(C(=O)OC(C)(C)C)C3)CC1. The fourth-order valence-corrected chi connectivity index (χ4v) is 5.94. The summed E-state index contributed by atoms with van der Waals surface area (Å²) in [4.78, 5) is 16.6. The van der Waals surface area contributed by atoms with Crippen LogP contribution in [0.4, 0.5) is 4.79 Å². The van der Waals surface area contributed by atoms with Crippen molar-refractivity contribution >= 4 is 16.1 Å². The molecule has 1 amide bonds. The topological polar surface area (TPSA) is 79.0 Å². The van der Waals surface area contributed by atoms with E-state index in [1.165, 1.54) is 6.42 Å². The monoisotopic (exact) mass is 401 g/mol. The van der Waals surface area contributed by atoms with E-state index in [-0.39, 0.29) is 23.3 Å². The van der Waals surface area contributed by atoms with Gasteiger partial charge in [0.25, 0.3) is 0 Å². The van der Waals surface area contributed by atoms with Crippen LogP contribution in [-0.2, 0) is 14.8 Å². The van der Waals surface area contributed by atoms with Crippen LogP contribution in [0.3, 0.4) is 0 Å². The number of fused-ring (bicyclic) bond motifs is 1. The summed E-state index contributed by atoms with van der Waals surface area (Å²) in [5, 5.41) is 0. The second-order valence-corrected chi connectivity index (χ2v) is 11.5. The molecule has 2 saturated heterocycles. The maximum absolute atomic E-state index is 12.3. The lowest BCUT2D eigenvalue weighted by Gasteiger charge is -2.34. The molecule has 2 heterocycles. The highest BCUT2D eigenvalue weighted by Crippen LogP contribution is 2.58. The molecule has 0 bridgehead atoms. The molecule has 1 N–H and O–H groups in total. The first-order valence-electron chi connectivity index (χ1n) is 10.2. The van der Waals surface area contributed by atoms with Gasteiger partial charge in [0.1, 0.15) is 5.60 Å². The number of sulfonamides is 1. The van der Waals surface area contributed by atoms with Crippen molar-refractivity contribution in [2.45, 2.75) is 65.0 Å². The van der Waals surface area contributed by atoms with Crippen LogP contribution in [0.1, 0.15) is 53.4 Å². The predicted molar refractivity (Wildman–Crippen MR) is 105 cm³/mol. The first kappa shape index (κ1) is 20.9. The predicted octanol–water partition coefficient (Wildman–Crippen LogP) is 2.04. The van der Waals surface area contributed by atoms with E-state index in [0.29, 0.717) is 12.3 Å². The number of carbonyl (C=O) groups excluding carboxylic acids is 1. The van der Waals surface area contributed by atoms with E-state index < -0.39 is 15.6 Å². The number of nitrogens with zero attached hydrogens (tertiary/aromatic N) is 2. The highest BCUT2D eigenvalue weighted by atomic mass is 32.2. The van der Waals surface area contributed by atoms with Crippen LogP contribution in [0.5, 0.6) is 0 Å². The van der Waals surface area contributed by atoms with Gasteiger partial charge in [-0.15, -0.1) is 0 Å². The van der Waals surface area contributed by atoms with E-state index in [9.17, 15) is 13.2 Å². The summed E-state index contributed by atoms with van der Waals surface area (Å²) in [7, 11) is -3.13. The number of likely N-dealkylation sites (tertiary alicyclic amines) is 2. The fourth-order valence-electron chi connectivity index (χ4n) is 4.54. The van der Waals surface area contributed by atoms with Gasteiger partial charge in [-0.25, -0.2) is 17.9 Å². The van der Waals surface area contributed by atoms with Crippen LogP contribution in [0.15, 0.2) is 0 Å². The van der Waals surface area contributed by atoms with Crippen molar-refractivity contribution in [3.63, 3.8) is 0 Å². The Bertz CT molecular complexity index is 652. The Labute approximate surface area is 163 Å². The Balaban J connectivity index is 1.44. The quantitative estimate of drug-likeness (QED) is 0.737. The lowest BCUT2D eigenvalue weighted by molar-refractivity contribution is 0.0253. The van der Waals surface area contributed by atoms with Crippen LogP contribution < -0.4 is 4.72 Å². The van der Waals surface area contributed by atoms with Crippen molar-refractivity contribution in [2.24, 2.45) is 11.3 Å². The van der Waals surface area contributed by atoms with E-state index in [4.69, 9.17) is 4.74 Å². The maximum atomic E-state index is 12.3. The second-order valence-electron chi connectivity index (χ2n) is 9.61. The lowest BCUT2D eigenvalue weighted by Crippen LogP contribution is -2.47. The molecule has 0 radical (unpaired) electrons. The van der Waals surface area contributed by atoms with Crippen molar-refractivity contribution in [3.05, 3.63) is 0 Å². The van der Waals surface area contributed by atoms with Crippen molar-refractivity contribution < 1.29 is 17.9 Å². The number of ether oxygens (including phenoxy) is 1. The minimum absolute atomic E-state index is 0.0622. The number of amides is 1. The minimum Gasteiger partial charge on any atom is -0.444 e. The van der Waals surface area contributed by atoms with Crippen molar-refractivity contribution in [1.29, 1.82) is 0 Å². The Hall–Kier alpha value is -0.860. The van der Waals surface area contributed by atoms with E-state index in [1.54, 1.807) is 0 Å². The molecule has 0 aromatic heterocycles. The third kappa shape index (κ3) is 5.35. The van der Waals surface area contributed by atoms with Gasteiger partial charge in [0, 0.05) is 31.1 Å². The third-order valence-electron chi connectivity index (χ3n) is 5.90. The molecule has 3 rings (SSSR count). The number of nitrogens with one attached hydrogen (secondary N) is 1. The van der Waals surface area contributed by atoms with E-state index in [2.05, 4.69) is 9.62 Å². The van der Waals surface area contributed by atoms with Gasteiger partial charge in [-0.1, -0.05) is 6.92 Å². The van der Waals surface area contributed by atoms with Gasteiger partial charge in [0.05, 0.1) is 5.75 Å². The fraction of sp³-hybridized carbons (Fsp3) is 0.947. The molecule has 3 fully saturated rings. The summed E-state index contributed by atoms with van der Waals surface area (Å²) >= 11 is 0. The molecule has 0 aromatic carbocycles. The number of piperidine rings is 2. The highest BCUT2D eigenvalue weighted by Gasteiger charge is 2.61. The average Bonchev–Trinajstić information content (AvgIpc) is 3.07. The van der Waals surface area contributed by atoms with Crippen LogP contribution >= 0.6 is 0 Å². The first-order valence-corrected chi connectivity index (χ1v) is 11.9.